The van der Waals surface area contributed by atoms with Crippen LogP contribution in [0.15, 0.2) is 28.7 Å². The van der Waals surface area contributed by atoms with E-state index >= 15 is 0 Å². The van der Waals surface area contributed by atoms with E-state index in [0.717, 1.165) is 0 Å². The van der Waals surface area contributed by atoms with Gasteiger partial charge >= 0.3 is 5.35 Å². The molecule has 0 amide bonds. The summed E-state index contributed by atoms with van der Waals surface area (Å²) in [6, 6.07) is 7.22. The predicted octanol–water partition coefficient (Wildman–Crippen LogP) is 1.97. The van der Waals surface area contributed by atoms with Gasteiger partial charge in [-0.3, -0.25) is 0 Å². The minimum atomic E-state index is 0.0123. The average Bonchev–Trinajstić information content (AvgIpc) is 2.53. The van der Waals surface area contributed by atoms with E-state index in [-0.39, 0.29) is 5.35 Å². The van der Waals surface area contributed by atoms with E-state index in [1.165, 1.54) is 0 Å². The fourth-order valence-electron chi connectivity index (χ4n) is 1.01. The summed E-state index contributed by atoms with van der Waals surface area (Å²) in [5.41, 5.74) is 6.97. The number of hydrogen-bond donors (Lipinski definition) is 1. The minimum absolute atomic E-state index is 0.0123. The summed E-state index contributed by atoms with van der Waals surface area (Å²) in [5.74, 6) is 0.336. The second kappa shape index (κ2) is 3.06. The van der Waals surface area contributed by atoms with Crippen LogP contribution in [0.2, 0.25) is 5.35 Å². The monoisotopic (exact) mass is 195 g/mol. The lowest BCUT2D eigenvalue weighted by atomic mass is 10.2. The van der Waals surface area contributed by atoms with Crippen LogP contribution in [0.5, 0.6) is 0 Å². The lowest BCUT2D eigenvalue weighted by Crippen LogP contribution is -1.88. The van der Waals surface area contributed by atoms with E-state index < -0.39 is 0 Å². The molecule has 66 valence electrons. The zero-order valence-corrected chi connectivity index (χ0v) is 7.32. The molecule has 5 heteroatoms. The number of halogens is 1. The maximum Gasteiger partial charge on any atom is 0.313 e. The van der Waals surface area contributed by atoms with Gasteiger partial charge in [0.15, 0.2) is 0 Å². The van der Waals surface area contributed by atoms with Crippen LogP contribution in [0.4, 0.5) is 5.69 Å². The van der Waals surface area contributed by atoms with Gasteiger partial charge in [0.25, 0.3) is 5.89 Å². The zero-order chi connectivity index (χ0) is 9.26. The van der Waals surface area contributed by atoms with Crippen molar-refractivity contribution < 1.29 is 4.42 Å². The van der Waals surface area contributed by atoms with E-state index in [9.17, 15) is 0 Å². The third kappa shape index (κ3) is 1.48. The van der Waals surface area contributed by atoms with E-state index in [1.54, 1.807) is 12.1 Å². The predicted molar refractivity (Wildman–Crippen MR) is 49.2 cm³/mol. The number of hydrogen-bond acceptors (Lipinski definition) is 4. The minimum Gasteiger partial charge on any atom is -0.407 e. The fraction of sp³-hybridized carbons (Fsp3) is 0. The molecule has 1 aromatic heterocycles. The molecule has 0 spiro atoms. The molecule has 0 bridgehead atoms. The number of nitrogens with two attached hydrogens (primary N) is 1. The highest BCUT2D eigenvalue weighted by atomic mass is 35.5. The summed E-state index contributed by atoms with van der Waals surface area (Å²) in [4.78, 5) is 0. The molecule has 0 unspecified atom stereocenters. The van der Waals surface area contributed by atoms with Gasteiger partial charge in [0, 0.05) is 5.69 Å². The van der Waals surface area contributed by atoms with E-state index in [1.807, 2.05) is 12.1 Å². The van der Waals surface area contributed by atoms with Crippen molar-refractivity contribution in [2.24, 2.45) is 0 Å². The number of nitrogens with zero attached hydrogens (tertiary/aromatic N) is 2. The number of rotatable bonds is 1. The molecule has 0 aliphatic carbocycles. The molecule has 1 heterocycles. The Balaban J connectivity index is 2.52. The topological polar surface area (TPSA) is 64.9 Å². The van der Waals surface area contributed by atoms with Crippen LogP contribution in [-0.2, 0) is 0 Å². The Bertz CT molecular complexity index is 427. The Morgan fingerprint density at radius 1 is 1.23 bits per heavy atom. The third-order valence-electron chi connectivity index (χ3n) is 1.59. The molecule has 0 saturated carbocycles. The van der Waals surface area contributed by atoms with Crippen molar-refractivity contribution in [2.45, 2.75) is 0 Å². The molecule has 0 fully saturated rings. The van der Waals surface area contributed by atoms with E-state index in [0.29, 0.717) is 17.1 Å². The summed E-state index contributed by atoms with van der Waals surface area (Å²) in [5, 5.41) is 7.26. The molecule has 4 nitrogen and oxygen atoms in total. The lowest BCUT2D eigenvalue weighted by molar-refractivity contribution is 0.571. The lowest BCUT2D eigenvalue weighted by Gasteiger charge is -1.97. The molecular weight excluding hydrogens is 190 g/mol. The average molecular weight is 196 g/mol. The van der Waals surface area contributed by atoms with Crippen molar-refractivity contribution in [3.05, 3.63) is 29.6 Å². The van der Waals surface area contributed by atoms with Gasteiger partial charge < -0.3 is 10.2 Å². The standard InChI is InChI=1S/C8H6ClN3O/c9-8-12-11-7(13-8)5-3-1-2-4-6(5)10/h1-4H,10H2. The maximum atomic E-state index is 5.69. The molecule has 0 saturated heterocycles. The second-order valence-corrected chi connectivity index (χ2v) is 2.77. The molecule has 1 aromatic carbocycles. The van der Waals surface area contributed by atoms with Crippen LogP contribution in [0.1, 0.15) is 0 Å². The van der Waals surface area contributed by atoms with Crippen LogP contribution in [0.25, 0.3) is 11.5 Å². The number of benzene rings is 1. The smallest absolute Gasteiger partial charge is 0.313 e. The Hall–Kier alpha value is -1.55. The Morgan fingerprint density at radius 2 is 2.00 bits per heavy atom. The molecule has 2 rings (SSSR count). The largest absolute Gasteiger partial charge is 0.407 e. The van der Waals surface area contributed by atoms with Gasteiger partial charge in [0.2, 0.25) is 0 Å². The normalized spacial score (nSPS) is 10.2. The van der Waals surface area contributed by atoms with Crippen molar-refractivity contribution in [3.63, 3.8) is 0 Å². The van der Waals surface area contributed by atoms with E-state index in [2.05, 4.69) is 10.2 Å². The summed E-state index contributed by atoms with van der Waals surface area (Å²) < 4.78 is 5.01. The van der Waals surface area contributed by atoms with Crippen molar-refractivity contribution in [2.75, 3.05) is 5.73 Å². The Morgan fingerprint density at radius 3 is 2.62 bits per heavy atom. The van der Waals surface area contributed by atoms with Gasteiger partial charge in [-0.2, -0.15) is 0 Å². The molecule has 0 radical (unpaired) electrons. The van der Waals surface area contributed by atoms with Crippen LogP contribution in [0, 0.1) is 0 Å². The molecule has 2 N–H and O–H groups in total. The van der Waals surface area contributed by atoms with E-state index in [4.69, 9.17) is 21.8 Å². The van der Waals surface area contributed by atoms with Crippen LogP contribution >= 0.6 is 11.6 Å². The molecule has 0 aliphatic heterocycles. The SMILES string of the molecule is Nc1ccccc1-c1nnc(Cl)o1. The first kappa shape index (κ1) is 8.07. The van der Waals surface area contributed by atoms with Crippen molar-refractivity contribution in [1.82, 2.24) is 10.2 Å². The highest BCUT2D eigenvalue weighted by Gasteiger charge is 2.08. The molecular formula is C8H6ClN3O. The number of anilines is 1. The van der Waals surface area contributed by atoms with Crippen molar-refractivity contribution in [3.8, 4) is 11.5 Å². The first-order valence-corrected chi connectivity index (χ1v) is 3.99. The second-order valence-electron chi connectivity index (χ2n) is 2.45. The Kier molecular flexibility index (Phi) is 1.90. The molecule has 2 aromatic rings. The zero-order valence-electron chi connectivity index (χ0n) is 6.57. The molecule has 0 atom stereocenters. The van der Waals surface area contributed by atoms with Crippen LogP contribution < -0.4 is 5.73 Å². The third-order valence-corrected chi connectivity index (χ3v) is 1.74. The first-order chi connectivity index (χ1) is 6.27. The summed E-state index contributed by atoms with van der Waals surface area (Å²) in [6.45, 7) is 0. The summed E-state index contributed by atoms with van der Waals surface area (Å²) in [6.07, 6.45) is 0. The van der Waals surface area contributed by atoms with Gasteiger partial charge in [-0.25, -0.2) is 0 Å². The number of nitrogen functional groups attached to an aromatic ring is 1. The van der Waals surface area contributed by atoms with Gasteiger partial charge in [-0.15, -0.1) is 5.10 Å². The summed E-state index contributed by atoms with van der Waals surface area (Å²) >= 11 is 5.48. The van der Waals surface area contributed by atoms with Crippen LogP contribution in [-0.4, -0.2) is 10.2 Å². The van der Waals surface area contributed by atoms with Crippen molar-refractivity contribution in [1.29, 1.82) is 0 Å². The molecule has 0 aliphatic rings. The fourth-order valence-corrected chi connectivity index (χ4v) is 1.12. The first-order valence-electron chi connectivity index (χ1n) is 3.61. The number of aromatic nitrogens is 2. The van der Waals surface area contributed by atoms with Gasteiger partial charge in [0.05, 0.1) is 5.56 Å². The van der Waals surface area contributed by atoms with Gasteiger partial charge in [-0.1, -0.05) is 17.2 Å². The summed E-state index contributed by atoms with van der Waals surface area (Å²) in [7, 11) is 0. The Labute approximate surface area is 79.3 Å². The molecule has 13 heavy (non-hydrogen) atoms. The quantitative estimate of drug-likeness (QED) is 0.707. The van der Waals surface area contributed by atoms with Crippen molar-refractivity contribution >= 4 is 17.3 Å². The number of para-hydroxylation sites is 1. The van der Waals surface area contributed by atoms with Crippen LogP contribution in [0.3, 0.4) is 0 Å². The highest BCUT2D eigenvalue weighted by molar-refractivity contribution is 6.27. The maximum absolute atomic E-state index is 5.69. The highest BCUT2D eigenvalue weighted by Crippen LogP contribution is 2.24. The van der Waals surface area contributed by atoms with Gasteiger partial charge in [0.1, 0.15) is 0 Å². The van der Waals surface area contributed by atoms with Gasteiger partial charge in [-0.05, 0) is 23.7 Å².